The van der Waals surface area contributed by atoms with Crippen LogP contribution < -0.4 is 15.4 Å². The number of thioether (sulfide) groups is 1. The lowest BCUT2D eigenvalue weighted by molar-refractivity contribution is -0.113. The summed E-state index contributed by atoms with van der Waals surface area (Å²) >= 11 is 1.57. The number of anilines is 2. The minimum Gasteiger partial charge on any atom is -0.489 e. The maximum atomic E-state index is 13.8. The van der Waals surface area contributed by atoms with Gasteiger partial charge in [-0.3, -0.25) is 4.79 Å². The first-order chi connectivity index (χ1) is 18.4. The summed E-state index contributed by atoms with van der Waals surface area (Å²) in [5.74, 6) is 2.06. The van der Waals surface area contributed by atoms with Crippen LogP contribution in [0.15, 0.2) is 89.2 Å². The summed E-state index contributed by atoms with van der Waals surface area (Å²) in [6.45, 7) is 8.52. The molecule has 0 spiro atoms. The van der Waals surface area contributed by atoms with Crippen LogP contribution in [0.3, 0.4) is 0 Å². The zero-order valence-corrected chi connectivity index (χ0v) is 22.8. The van der Waals surface area contributed by atoms with E-state index in [1.54, 1.807) is 11.8 Å². The van der Waals surface area contributed by atoms with Crippen LogP contribution in [0, 0.1) is 13.8 Å². The first-order valence-electron chi connectivity index (χ1n) is 12.7. The average Bonchev–Trinajstić information content (AvgIpc) is 3.32. The molecule has 0 saturated heterocycles. The van der Waals surface area contributed by atoms with Crippen molar-refractivity contribution in [3.8, 4) is 5.75 Å². The van der Waals surface area contributed by atoms with Gasteiger partial charge in [-0.2, -0.15) is 4.98 Å². The molecule has 0 bridgehead atoms. The quantitative estimate of drug-likeness (QED) is 0.255. The van der Waals surface area contributed by atoms with Gasteiger partial charge in [0.05, 0.1) is 5.57 Å². The number of carbonyl (C=O) groups excluding carboxylic acids is 1. The number of amides is 1. The molecule has 3 aromatic carbocycles. The number of ether oxygens (including phenoxy) is 1. The zero-order valence-electron chi connectivity index (χ0n) is 22.0. The second-order valence-electron chi connectivity index (χ2n) is 9.21. The van der Waals surface area contributed by atoms with E-state index in [2.05, 4.69) is 22.5 Å². The monoisotopic (exact) mass is 525 g/mol. The van der Waals surface area contributed by atoms with Crippen LogP contribution in [0.2, 0.25) is 0 Å². The molecule has 1 aliphatic rings. The molecule has 1 amide bonds. The van der Waals surface area contributed by atoms with Gasteiger partial charge in [-0.25, -0.2) is 4.68 Å². The van der Waals surface area contributed by atoms with Crippen molar-refractivity contribution in [2.45, 2.75) is 45.5 Å². The van der Waals surface area contributed by atoms with Crippen molar-refractivity contribution in [2.24, 2.45) is 0 Å². The van der Waals surface area contributed by atoms with Gasteiger partial charge in [-0.05, 0) is 67.0 Å². The van der Waals surface area contributed by atoms with Crippen LogP contribution in [0.4, 0.5) is 11.6 Å². The first-order valence-corrected chi connectivity index (χ1v) is 13.6. The molecule has 1 aromatic heterocycles. The first kappa shape index (κ1) is 25.6. The van der Waals surface area contributed by atoms with E-state index in [0.717, 1.165) is 45.1 Å². The van der Waals surface area contributed by atoms with E-state index in [1.807, 2.05) is 98.2 Å². The molecular weight excluding hydrogens is 494 g/mol. The number of nitrogens with zero attached hydrogens (tertiary/aromatic N) is 3. The second-order valence-corrected chi connectivity index (χ2v) is 10.4. The molecule has 1 atom stereocenters. The van der Waals surface area contributed by atoms with Crippen LogP contribution in [0.5, 0.6) is 5.75 Å². The fourth-order valence-electron chi connectivity index (χ4n) is 4.49. The summed E-state index contributed by atoms with van der Waals surface area (Å²) < 4.78 is 7.81. The lowest BCUT2D eigenvalue weighted by Crippen LogP contribution is -2.31. The number of allylic oxidation sites excluding steroid dienone is 1. The SMILES string of the molecule is CCSc1nc2n(n1)C(c1ccc(OCc3ccccc3)cc1)C(C(=O)Nc1cccc(C)c1C)=C(C)N2. The Morgan fingerprint density at radius 2 is 1.79 bits per heavy atom. The average molecular weight is 526 g/mol. The van der Waals surface area contributed by atoms with E-state index in [4.69, 9.17) is 9.84 Å². The number of hydrogen-bond acceptors (Lipinski definition) is 6. The van der Waals surface area contributed by atoms with Crippen molar-refractivity contribution in [3.63, 3.8) is 0 Å². The van der Waals surface area contributed by atoms with Gasteiger partial charge >= 0.3 is 0 Å². The number of carbonyl (C=O) groups is 1. The number of aromatic nitrogens is 3. The fourth-order valence-corrected chi connectivity index (χ4v) is 5.04. The van der Waals surface area contributed by atoms with Crippen LogP contribution in [-0.4, -0.2) is 26.4 Å². The van der Waals surface area contributed by atoms with Gasteiger partial charge in [-0.15, -0.1) is 5.10 Å². The predicted octanol–water partition coefficient (Wildman–Crippen LogP) is 6.51. The van der Waals surface area contributed by atoms with Gasteiger partial charge in [0, 0.05) is 11.4 Å². The molecule has 0 aliphatic carbocycles. The largest absolute Gasteiger partial charge is 0.489 e. The lowest BCUT2D eigenvalue weighted by Gasteiger charge is -2.29. The molecule has 1 aliphatic heterocycles. The second kappa shape index (κ2) is 11.1. The minimum atomic E-state index is -0.446. The highest BCUT2D eigenvalue weighted by molar-refractivity contribution is 7.99. The molecule has 194 valence electrons. The van der Waals surface area contributed by atoms with Crippen LogP contribution in [0.25, 0.3) is 0 Å². The Balaban J connectivity index is 1.47. The Morgan fingerprint density at radius 3 is 2.53 bits per heavy atom. The molecule has 4 aromatic rings. The summed E-state index contributed by atoms with van der Waals surface area (Å²) in [6, 6.07) is 23.4. The summed E-state index contributed by atoms with van der Waals surface area (Å²) in [4.78, 5) is 18.5. The summed E-state index contributed by atoms with van der Waals surface area (Å²) in [5.41, 5.74) is 6.32. The third-order valence-electron chi connectivity index (χ3n) is 6.65. The minimum absolute atomic E-state index is 0.177. The molecule has 0 fully saturated rings. The van der Waals surface area contributed by atoms with E-state index >= 15 is 0 Å². The number of rotatable bonds is 8. The highest BCUT2D eigenvalue weighted by Gasteiger charge is 2.34. The van der Waals surface area contributed by atoms with E-state index in [9.17, 15) is 4.79 Å². The van der Waals surface area contributed by atoms with Crippen molar-refractivity contribution in [2.75, 3.05) is 16.4 Å². The van der Waals surface area contributed by atoms with Gasteiger partial charge in [-0.1, -0.05) is 73.3 Å². The standard InChI is InChI=1S/C30H31N5O2S/c1-5-38-30-33-29-31-21(4)26(28(36)32-25-13-9-10-19(2)20(25)3)27(35(29)34-30)23-14-16-24(17-15-23)37-18-22-11-7-6-8-12-22/h6-17,27H,5,18H2,1-4H3,(H,32,36)(H,31,33,34). The molecule has 7 nitrogen and oxygen atoms in total. The Morgan fingerprint density at radius 1 is 1.03 bits per heavy atom. The van der Waals surface area contributed by atoms with Gasteiger partial charge in [0.1, 0.15) is 18.4 Å². The van der Waals surface area contributed by atoms with Crippen LogP contribution in [0.1, 0.15) is 42.1 Å². The Kier molecular flexibility index (Phi) is 7.51. The number of hydrogen-bond donors (Lipinski definition) is 2. The maximum Gasteiger partial charge on any atom is 0.255 e. The predicted molar refractivity (Wildman–Crippen MR) is 153 cm³/mol. The third-order valence-corrected chi connectivity index (χ3v) is 7.37. The van der Waals surface area contributed by atoms with Crippen molar-refractivity contribution < 1.29 is 9.53 Å². The number of benzene rings is 3. The molecule has 8 heteroatoms. The van der Waals surface area contributed by atoms with Crippen molar-refractivity contribution in [1.29, 1.82) is 0 Å². The number of nitrogens with one attached hydrogen (secondary N) is 2. The van der Waals surface area contributed by atoms with Crippen molar-refractivity contribution in [3.05, 3.63) is 106 Å². The molecule has 1 unspecified atom stereocenters. The summed E-state index contributed by atoms with van der Waals surface area (Å²) in [7, 11) is 0. The van der Waals surface area contributed by atoms with Gasteiger partial charge < -0.3 is 15.4 Å². The van der Waals surface area contributed by atoms with Gasteiger partial charge in [0.15, 0.2) is 0 Å². The molecular formula is C30H31N5O2S. The van der Waals surface area contributed by atoms with Crippen molar-refractivity contribution in [1.82, 2.24) is 14.8 Å². The zero-order chi connectivity index (χ0) is 26.6. The summed E-state index contributed by atoms with van der Waals surface area (Å²) in [5, 5.41) is 11.9. The van der Waals surface area contributed by atoms with E-state index in [0.29, 0.717) is 23.3 Å². The van der Waals surface area contributed by atoms with Gasteiger partial charge in [0.25, 0.3) is 5.91 Å². The van der Waals surface area contributed by atoms with E-state index in [1.165, 1.54) is 0 Å². The van der Waals surface area contributed by atoms with Crippen LogP contribution >= 0.6 is 11.8 Å². The highest BCUT2D eigenvalue weighted by atomic mass is 32.2. The number of aryl methyl sites for hydroxylation is 1. The van der Waals surface area contributed by atoms with Gasteiger partial charge in [0.2, 0.25) is 11.1 Å². The van der Waals surface area contributed by atoms with E-state index < -0.39 is 6.04 Å². The third kappa shape index (κ3) is 5.31. The Hall–Kier alpha value is -4.04. The highest BCUT2D eigenvalue weighted by Crippen LogP contribution is 2.37. The summed E-state index contributed by atoms with van der Waals surface area (Å²) in [6.07, 6.45) is 0. The molecule has 0 saturated carbocycles. The Labute approximate surface area is 227 Å². The van der Waals surface area contributed by atoms with Crippen LogP contribution in [-0.2, 0) is 11.4 Å². The van der Waals surface area contributed by atoms with Crippen molar-refractivity contribution >= 4 is 29.3 Å². The molecule has 2 heterocycles. The topological polar surface area (TPSA) is 81.1 Å². The fraction of sp³-hybridized carbons (Fsp3) is 0.233. The molecule has 38 heavy (non-hydrogen) atoms. The maximum absolute atomic E-state index is 13.8. The molecule has 0 radical (unpaired) electrons. The van der Waals surface area contributed by atoms with E-state index in [-0.39, 0.29) is 5.91 Å². The Bertz CT molecular complexity index is 1480. The normalized spacial score (nSPS) is 14.6. The number of fused-ring (bicyclic) bond motifs is 1. The molecule has 2 N–H and O–H groups in total. The molecule has 5 rings (SSSR count). The lowest BCUT2D eigenvalue weighted by atomic mass is 9.94. The smallest absolute Gasteiger partial charge is 0.255 e.